The number of nitrogens with one attached hydrogen (secondary N) is 2. The predicted molar refractivity (Wildman–Crippen MR) is 64.2 cm³/mol. The van der Waals surface area contributed by atoms with Gasteiger partial charge in [0.2, 0.25) is 0 Å². The summed E-state index contributed by atoms with van der Waals surface area (Å²) in [6.07, 6.45) is 3.25. The second-order valence-electron chi connectivity index (χ2n) is 5.16. The van der Waals surface area contributed by atoms with E-state index >= 15 is 0 Å². The summed E-state index contributed by atoms with van der Waals surface area (Å²) in [5.74, 6) is 1.76. The molecule has 1 aliphatic heterocycles. The smallest absolute Gasteiger partial charge is 0.252 e. The highest BCUT2D eigenvalue weighted by atomic mass is 16.2. The molecule has 0 aromatic heterocycles. The zero-order valence-electron chi connectivity index (χ0n) is 10.3. The van der Waals surface area contributed by atoms with Crippen LogP contribution in [0.25, 0.3) is 0 Å². The number of nitrogens with zero attached hydrogens (tertiary/aromatic N) is 1. The maximum Gasteiger partial charge on any atom is 0.252 e. The molecule has 1 aliphatic carbocycles. The number of hydrogen-bond donors (Lipinski definition) is 2. The molecule has 0 radical (unpaired) electrons. The second-order valence-corrected chi connectivity index (χ2v) is 5.16. The second kappa shape index (κ2) is 4.07. The third kappa shape index (κ3) is 1.70. The van der Waals surface area contributed by atoms with Crippen molar-refractivity contribution in [3.8, 4) is 0 Å². The number of carbonyl (C=O) groups is 1. The zero-order chi connectivity index (χ0) is 11.8. The third-order valence-electron chi connectivity index (χ3n) is 3.90. The van der Waals surface area contributed by atoms with Crippen LogP contribution in [-0.4, -0.2) is 24.0 Å². The Kier molecular flexibility index (Phi) is 2.91. The van der Waals surface area contributed by atoms with Crippen molar-refractivity contribution in [2.75, 3.05) is 6.54 Å². The number of amides is 1. The van der Waals surface area contributed by atoms with E-state index in [9.17, 15) is 4.79 Å². The summed E-state index contributed by atoms with van der Waals surface area (Å²) < 4.78 is 0. The van der Waals surface area contributed by atoms with E-state index in [1.165, 1.54) is 6.42 Å². The number of rotatable bonds is 1. The number of carbonyl (C=O) groups excluding carboxylic acids is 1. The Labute approximate surface area is 96.9 Å². The molecule has 1 spiro atoms. The number of guanidine groups is 1. The van der Waals surface area contributed by atoms with Crippen LogP contribution in [0.4, 0.5) is 0 Å². The third-order valence-corrected chi connectivity index (χ3v) is 3.90. The molecule has 4 heteroatoms. The van der Waals surface area contributed by atoms with Crippen LogP contribution >= 0.6 is 0 Å². The van der Waals surface area contributed by atoms with Gasteiger partial charge < -0.3 is 5.32 Å². The van der Waals surface area contributed by atoms with Gasteiger partial charge >= 0.3 is 0 Å². The average molecular weight is 223 g/mol. The van der Waals surface area contributed by atoms with Gasteiger partial charge in [-0.15, -0.1) is 0 Å². The molecule has 16 heavy (non-hydrogen) atoms. The van der Waals surface area contributed by atoms with E-state index in [2.05, 4.69) is 29.5 Å². The fourth-order valence-corrected chi connectivity index (χ4v) is 2.88. The number of hydrogen-bond acceptors (Lipinski definition) is 2. The van der Waals surface area contributed by atoms with Gasteiger partial charge in [-0.05, 0) is 31.6 Å². The Balaban J connectivity index is 2.23. The normalized spacial score (nSPS) is 41.2. The van der Waals surface area contributed by atoms with E-state index in [1.807, 2.05) is 6.92 Å². The lowest BCUT2D eigenvalue weighted by atomic mass is 9.70. The fourth-order valence-electron chi connectivity index (χ4n) is 2.88. The highest BCUT2D eigenvalue weighted by molar-refractivity contribution is 6.09. The summed E-state index contributed by atoms with van der Waals surface area (Å²) in [7, 11) is 0. The maximum atomic E-state index is 12.1. The lowest BCUT2D eigenvalue weighted by Crippen LogP contribution is -2.55. The molecule has 3 atom stereocenters. The standard InChI is InChI=1S/C12H21N3O/c1-4-13-11-14-10(16)12(15-11)7-8(2)5-6-9(12)3/h8-9H,4-7H2,1-3H3,(H2,13,14,15,16). The monoisotopic (exact) mass is 223 g/mol. The van der Waals surface area contributed by atoms with Crippen LogP contribution in [0, 0.1) is 11.8 Å². The summed E-state index contributed by atoms with van der Waals surface area (Å²) in [4.78, 5) is 16.4. The first kappa shape index (κ1) is 11.4. The van der Waals surface area contributed by atoms with Crippen molar-refractivity contribution in [3.05, 3.63) is 0 Å². The van der Waals surface area contributed by atoms with Crippen LogP contribution in [0.15, 0.2) is 4.99 Å². The fraction of sp³-hybridized carbons (Fsp3) is 0.833. The van der Waals surface area contributed by atoms with Gasteiger partial charge in [-0.2, -0.15) is 0 Å². The van der Waals surface area contributed by atoms with E-state index < -0.39 is 5.54 Å². The molecule has 3 unspecified atom stereocenters. The highest BCUT2D eigenvalue weighted by Crippen LogP contribution is 2.38. The van der Waals surface area contributed by atoms with Gasteiger partial charge in [-0.1, -0.05) is 20.3 Å². The zero-order valence-corrected chi connectivity index (χ0v) is 10.3. The summed E-state index contributed by atoms with van der Waals surface area (Å²) >= 11 is 0. The molecular weight excluding hydrogens is 202 g/mol. The molecule has 2 aliphatic rings. The molecule has 0 aromatic carbocycles. The topological polar surface area (TPSA) is 53.5 Å². The van der Waals surface area contributed by atoms with E-state index in [-0.39, 0.29) is 5.91 Å². The van der Waals surface area contributed by atoms with Crippen molar-refractivity contribution in [1.29, 1.82) is 0 Å². The molecule has 90 valence electrons. The minimum absolute atomic E-state index is 0.110. The van der Waals surface area contributed by atoms with Crippen molar-refractivity contribution in [2.45, 2.75) is 45.6 Å². The lowest BCUT2D eigenvalue weighted by Gasteiger charge is -2.39. The molecule has 2 N–H and O–H groups in total. The molecular formula is C12H21N3O. The van der Waals surface area contributed by atoms with Crippen LogP contribution in [-0.2, 0) is 4.79 Å². The average Bonchev–Trinajstić information content (AvgIpc) is 2.52. The molecule has 2 rings (SSSR count). The maximum absolute atomic E-state index is 12.1. The first-order valence-corrected chi connectivity index (χ1v) is 6.22. The molecule has 1 amide bonds. The van der Waals surface area contributed by atoms with Gasteiger partial charge in [0.05, 0.1) is 0 Å². The predicted octanol–water partition coefficient (Wildman–Crippen LogP) is 1.28. The van der Waals surface area contributed by atoms with E-state index in [0.29, 0.717) is 24.3 Å². The number of aliphatic imine (C=N–C) groups is 1. The van der Waals surface area contributed by atoms with Gasteiger partial charge in [0.1, 0.15) is 5.54 Å². The van der Waals surface area contributed by atoms with E-state index in [1.54, 1.807) is 0 Å². The summed E-state index contributed by atoms with van der Waals surface area (Å²) in [6, 6.07) is 0. The first-order valence-electron chi connectivity index (χ1n) is 6.22. The Morgan fingerprint density at radius 3 is 2.88 bits per heavy atom. The van der Waals surface area contributed by atoms with Gasteiger partial charge in [0.15, 0.2) is 5.96 Å². The minimum Gasteiger partial charge on any atom is -0.341 e. The van der Waals surface area contributed by atoms with Crippen molar-refractivity contribution in [2.24, 2.45) is 16.8 Å². The van der Waals surface area contributed by atoms with Crippen LogP contribution in [0.3, 0.4) is 0 Å². The Hall–Kier alpha value is -1.06. The van der Waals surface area contributed by atoms with Gasteiger partial charge in [-0.25, -0.2) is 0 Å². The Morgan fingerprint density at radius 1 is 1.44 bits per heavy atom. The Bertz CT molecular complexity index is 326. The summed E-state index contributed by atoms with van der Waals surface area (Å²) in [6.45, 7) is 7.05. The summed E-state index contributed by atoms with van der Waals surface area (Å²) in [5.41, 5.74) is -0.397. The Morgan fingerprint density at radius 2 is 2.19 bits per heavy atom. The van der Waals surface area contributed by atoms with Crippen LogP contribution in [0.1, 0.15) is 40.0 Å². The molecule has 4 nitrogen and oxygen atoms in total. The van der Waals surface area contributed by atoms with Crippen LogP contribution in [0.5, 0.6) is 0 Å². The SMILES string of the molecule is CCN=C1NC(=O)C2(CC(C)CCC2C)N1. The molecule has 0 bridgehead atoms. The van der Waals surface area contributed by atoms with Crippen LogP contribution in [0.2, 0.25) is 0 Å². The van der Waals surface area contributed by atoms with Gasteiger partial charge in [-0.3, -0.25) is 15.1 Å². The molecule has 1 saturated carbocycles. The quantitative estimate of drug-likeness (QED) is 0.703. The van der Waals surface area contributed by atoms with Crippen molar-refractivity contribution in [3.63, 3.8) is 0 Å². The summed E-state index contributed by atoms with van der Waals surface area (Å²) in [5, 5.41) is 6.19. The van der Waals surface area contributed by atoms with Crippen molar-refractivity contribution in [1.82, 2.24) is 10.6 Å². The highest BCUT2D eigenvalue weighted by Gasteiger charge is 2.51. The van der Waals surface area contributed by atoms with E-state index in [0.717, 1.165) is 12.8 Å². The van der Waals surface area contributed by atoms with Crippen molar-refractivity contribution >= 4 is 11.9 Å². The van der Waals surface area contributed by atoms with Crippen LogP contribution < -0.4 is 10.6 Å². The molecule has 0 aromatic rings. The lowest BCUT2D eigenvalue weighted by molar-refractivity contribution is -0.127. The van der Waals surface area contributed by atoms with E-state index in [4.69, 9.17) is 0 Å². The van der Waals surface area contributed by atoms with Gasteiger partial charge in [0.25, 0.3) is 5.91 Å². The first-order chi connectivity index (χ1) is 7.58. The largest absolute Gasteiger partial charge is 0.341 e. The van der Waals surface area contributed by atoms with Gasteiger partial charge in [0, 0.05) is 6.54 Å². The molecule has 1 saturated heterocycles. The molecule has 1 heterocycles. The van der Waals surface area contributed by atoms with Crippen molar-refractivity contribution < 1.29 is 4.79 Å². The minimum atomic E-state index is -0.397. The molecule has 2 fully saturated rings.